The van der Waals surface area contributed by atoms with Crippen molar-refractivity contribution in [2.45, 2.75) is 25.4 Å². The van der Waals surface area contributed by atoms with Gasteiger partial charge in [0.1, 0.15) is 0 Å². The van der Waals surface area contributed by atoms with Crippen LogP contribution >= 0.6 is 12.4 Å². The molecule has 21 heavy (non-hydrogen) atoms. The first-order chi connectivity index (χ1) is 9.50. The molecule has 1 atom stereocenters. The van der Waals surface area contributed by atoms with Crippen molar-refractivity contribution in [3.05, 3.63) is 24.0 Å². The quantitative estimate of drug-likeness (QED) is 0.861. The Morgan fingerprint density at radius 3 is 2.76 bits per heavy atom. The Morgan fingerprint density at radius 1 is 1.29 bits per heavy atom. The van der Waals surface area contributed by atoms with Gasteiger partial charge in [0.15, 0.2) is 5.69 Å². The number of alkyl halides is 3. The molecular weight excluding hydrogens is 303 g/mol. The molecule has 0 radical (unpaired) electrons. The lowest BCUT2D eigenvalue weighted by atomic mass is 9.80. The van der Waals surface area contributed by atoms with Crippen LogP contribution in [0.3, 0.4) is 0 Å². The van der Waals surface area contributed by atoms with E-state index in [4.69, 9.17) is 0 Å². The van der Waals surface area contributed by atoms with Crippen molar-refractivity contribution in [2.75, 3.05) is 31.1 Å². The predicted molar refractivity (Wildman–Crippen MR) is 77.9 cm³/mol. The lowest BCUT2D eigenvalue weighted by molar-refractivity contribution is -0.140. The van der Waals surface area contributed by atoms with Crippen LogP contribution in [0.2, 0.25) is 0 Å². The van der Waals surface area contributed by atoms with Gasteiger partial charge in [-0.15, -0.1) is 12.4 Å². The van der Waals surface area contributed by atoms with Crippen molar-refractivity contribution < 1.29 is 13.2 Å². The first-order valence-electron chi connectivity index (χ1n) is 6.98. The lowest BCUT2D eigenvalue weighted by Crippen LogP contribution is -2.42. The normalized spacial score (nSPS) is 26.0. The number of halogens is 4. The maximum absolute atomic E-state index is 13.0. The Morgan fingerprint density at radius 2 is 2.10 bits per heavy atom. The van der Waals surface area contributed by atoms with Crippen molar-refractivity contribution in [1.29, 1.82) is 0 Å². The molecule has 0 saturated carbocycles. The van der Waals surface area contributed by atoms with E-state index < -0.39 is 11.9 Å². The summed E-state index contributed by atoms with van der Waals surface area (Å²) < 4.78 is 39.1. The third kappa shape index (κ3) is 3.26. The highest BCUT2D eigenvalue weighted by molar-refractivity contribution is 5.85. The molecule has 2 saturated heterocycles. The van der Waals surface area contributed by atoms with Crippen LogP contribution in [-0.4, -0.2) is 31.2 Å². The van der Waals surface area contributed by atoms with Gasteiger partial charge in [-0.05, 0) is 37.9 Å². The predicted octanol–water partition coefficient (Wildman–Crippen LogP) is 3.10. The second kappa shape index (κ2) is 6.01. The van der Waals surface area contributed by atoms with Crippen molar-refractivity contribution in [3.8, 4) is 0 Å². The minimum atomic E-state index is -4.39. The highest BCUT2D eigenvalue weighted by atomic mass is 35.5. The van der Waals surface area contributed by atoms with Crippen molar-refractivity contribution in [2.24, 2.45) is 5.41 Å². The SMILES string of the molecule is Cl.FC(F)(F)c1ncccc1N1CCC2(CCCNC2)C1. The molecule has 0 aromatic carbocycles. The van der Waals surface area contributed by atoms with Gasteiger partial charge in [0.25, 0.3) is 0 Å². The number of aromatic nitrogens is 1. The van der Waals surface area contributed by atoms with Crippen LogP contribution < -0.4 is 10.2 Å². The third-order valence-corrected chi connectivity index (χ3v) is 4.39. The number of rotatable bonds is 1. The van der Waals surface area contributed by atoms with E-state index in [1.165, 1.54) is 12.3 Å². The maximum Gasteiger partial charge on any atom is 0.435 e. The molecule has 0 bridgehead atoms. The number of hydrogen-bond acceptors (Lipinski definition) is 3. The fourth-order valence-electron chi connectivity index (χ4n) is 3.39. The molecule has 118 valence electrons. The van der Waals surface area contributed by atoms with Crippen LogP contribution in [0.4, 0.5) is 18.9 Å². The highest BCUT2D eigenvalue weighted by Gasteiger charge is 2.42. The van der Waals surface area contributed by atoms with Crippen LogP contribution in [-0.2, 0) is 6.18 Å². The van der Waals surface area contributed by atoms with Crippen LogP contribution in [0.25, 0.3) is 0 Å². The van der Waals surface area contributed by atoms with E-state index >= 15 is 0 Å². The Bertz CT molecular complexity index is 487. The summed E-state index contributed by atoms with van der Waals surface area (Å²) >= 11 is 0. The Hall–Kier alpha value is -1.01. The topological polar surface area (TPSA) is 28.2 Å². The molecule has 1 unspecified atom stereocenters. The standard InChI is InChI=1S/C14H18F3N3.ClH/c15-14(16,17)12-11(3-1-7-19-12)20-8-5-13(10-20)4-2-6-18-9-13;/h1,3,7,18H,2,4-6,8-10H2;1H. The van der Waals surface area contributed by atoms with E-state index in [1.54, 1.807) is 6.07 Å². The zero-order chi connectivity index (χ0) is 14.2. The van der Waals surface area contributed by atoms with E-state index in [0.717, 1.165) is 32.4 Å². The van der Waals surface area contributed by atoms with Crippen molar-refractivity contribution in [1.82, 2.24) is 10.3 Å². The van der Waals surface area contributed by atoms with E-state index in [9.17, 15) is 13.2 Å². The molecule has 2 fully saturated rings. The number of nitrogens with one attached hydrogen (secondary N) is 1. The zero-order valence-electron chi connectivity index (χ0n) is 11.6. The summed E-state index contributed by atoms with van der Waals surface area (Å²) in [5.41, 5.74) is -0.403. The summed E-state index contributed by atoms with van der Waals surface area (Å²) in [5.74, 6) is 0. The summed E-state index contributed by atoms with van der Waals surface area (Å²) in [4.78, 5) is 5.40. The fourth-order valence-corrected chi connectivity index (χ4v) is 3.39. The molecule has 3 heterocycles. The van der Waals surface area contributed by atoms with Gasteiger partial charge in [0, 0.05) is 31.2 Å². The number of hydrogen-bond donors (Lipinski definition) is 1. The van der Waals surface area contributed by atoms with Gasteiger partial charge in [-0.3, -0.25) is 0 Å². The monoisotopic (exact) mass is 321 g/mol. The number of nitrogens with zero attached hydrogens (tertiary/aromatic N) is 2. The molecule has 7 heteroatoms. The van der Waals surface area contributed by atoms with E-state index in [0.29, 0.717) is 13.1 Å². The molecule has 1 aromatic heterocycles. The maximum atomic E-state index is 13.0. The molecule has 3 rings (SSSR count). The smallest absolute Gasteiger partial charge is 0.369 e. The van der Waals surface area contributed by atoms with E-state index in [1.807, 2.05) is 4.90 Å². The summed E-state index contributed by atoms with van der Waals surface area (Å²) in [6, 6.07) is 3.11. The summed E-state index contributed by atoms with van der Waals surface area (Å²) in [6.45, 7) is 3.29. The first kappa shape index (κ1) is 16.4. The Kier molecular flexibility index (Phi) is 4.68. The molecular formula is C14H19ClF3N3. The van der Waals surface area contributed by atoms with Crippen LogP contribution in [0.1, 0.15) is 25.0 Å². The molecule has 2 aliphatic rings. The van der Waals surface area contributed by atoms with Crippen LogP contribution in [0.15, 0.2) is 18.3 Å². The third-order valence-electron chi connectivity index (χ3n) is 4.39. The van der Waals surface area contributed by atoms with Crippen molar-refractivity contribution in [3.63, 3.8) is 0 Å². The molecule has 0 aliphatic carbocycles. The highest BCUT2D eigenvalue weighted by Crippen LogP contribution is 2.41. The van der Waals surface area contributed by atoms with Gasteiger partial charge in [-0.2, -0.15) is 13.2 Å². The largest absolute Gasteiger partial charge is 0.435 e. The van der Waals surface area contributed by atoms with Gasteiger partial charge in [-0.1, -0.05) is 0 Å². The zero-order valence-corrected chi connectivity index (χ0v) is 12.4. The molecule has 2 aliphatic heterocycles. The van der Waals surface area contributed by atoms with E-state index in [-0.39, 0.29) is 23.5 Å². The van der Waals surface area contributed by atoms with E-state index in [2.05, 4.69) is 10.3 Å². The first-order valence-corrected chi connectivity index (χ1v) is 6.98. The second-order valence-electron chi connectivity index (χ2n) is 5.82. The fraction of sp³-hybridized carbons (Fsp3) is 0.643. The molecule has 1 aromatic rings. The molecule has 1 N–H and O–H groups in total. The van der Waals surface area contributed by atoms with Gasteiger partial charge in [-0.25, -0.2) is 4.98 Å². The average Bonchev–Trinajstić information content (AvgIpc) is 2.82. The summed E-state index contributed by atoms with van der Waals surface area (Å²) in [5, 5.41) is 3.37. The van der Waals surface area contributed by atoms with Gasteiger partial charge < -0.3 is 10.2 Å². The lowest BCUT2D eigenvalue weighted by Gasteiger charge is -2.34. The molecule has 3 nitrogen and oxygen atoms in total. The minimum absolute atomic E-state index is 0. The average molecular weight is 322 g/mol. The van der Waals surface area contributed by atoms with Gasteiger partial charge in [0.05, 0.1) is 5.69 Å². The van der Waals surface area contributed by atoms with Crippen LogP contribution in [0, 0.1) is 5.41 Å². The molecule has 0 amide bonds. The van der Waals surface area contributed by atoms with Crippen molar-refractivity contribution >= 4 is 18.1 Å². The molecule has 1 spiro atoms. The number of anilines is 1. The summed E-state index contributed by atoms with van der Waals surface area (Å²) in [6.07, 6.45) is -0.0329. The van der Waals surface area contributed by atoms with Crippen LogP contribution in [0.5, 0.6) is 0 Å². The Labute approximate surface area is 128 Å². The number of pyridine rings is 1. The number of piperidine rings is 1. The van der Waals surface area contributed by atoms with Gasteiger partial charge >= 0.3 is 6.18 Å². The van der Waals surface area contributed by atoms with Gasteiger partial charge in [0.2, 0.25) is 0 Å². The minimum Gasteiger partial charge on any atom is -0.369 e. The Balaban J connectivity index is 0.00000161. The second-order valence-corrected chi connectivity index (χ2v) is 5.82. The summed E-state index contributed by atoms with van der Waals surface area (Å²) in [7, 11) is 0.